The molecule has 0 atom stereocenters. The third-order valence-electron chi connectivity index (χ3n) is 2.74. The van der Waals surface area contributed by atoms with Crippen molar-refractivity contribution in [3.05, 3.63) is 35.9 Å². The van der Waals surface area contributed by atoms with Crippen LogP contribution in [0.25, 0.3) is 11.2 Å². The van der Waals surface area contributed by atoms with Crippen LogP contribution >= 0.6 is 0 Å². The Bertz CT molecular complexity index is 706. The van der Waals surface area contributed by atoms with Crippen molar-refractivity contribution in [1.82, 2.24) is 15.3 Å². The van der Waals surface area contributed by atoms with E-state index in [1.165, 1.54) is 5.56 Å². The van der Waals surface area contributed by atoms with Gasteiger partial charge in [0.2, 0.25) is 11.5 Å². The van der Waals surface area contributed by atoms with Crippen molar-refractivity contribution in [2.75, 3.05) is 12.4 Å². The molecule has 0 amide bonds. The van der Waals surface area contributed by atoms with Crippen molar-refractivity contribution < 1.29 is 9.37 Å². The predicted octanol–water partition coefficient (Wildman–Crippen LogP) is 2.68. The number of methoxy groups -OCH3 is 1. The second kappa shape index (κ2) is 4.56. The number of hydrogen-bond donors (Lipinski definition) is 1. The first-order chi connectivity index (χ1) is 9.26. The molecule has 0 unspecified atom stereocenters. The van der Waals surface area contributed by atoms with Crippen LogP contribution in [-0.4, -0.2) is 22.4 Å². The largest absolute Gasteiger partial charge is 0.479 e. The van der Waals surface area contributed by atoms with Gasteiger partial charge >= 0.3 is 0 Å². The molecule has 0 fully saturated rings. The van der Waals surface area contributed by atoms with Gasteiger partial charge in [-0.3, -0.25) is 0 Å². The van der Waals surface area contributed by atoms with Crippen molar-refractivity contribution in [3.8, 4) is 5.88 Å². The molecule has 6 nitrogen and oxygen atoms in total. The summed E-state index contributed by atoms with van der Waals surface area (Å²) in [6.45, 7) is 2.04. The van der Waals surface area contributed by atoms with Crippen LogP contribution in [0.1, 0.15) is 5.56 Å². The van der Waals surface area contributed by atoms with Gasteiger partial charge in [0.25, 0.3) is 0 Å². The van der Waals surface area contributed by atoms with Gasteiger partial charge in [-0.15, -0.1) is 0 Å². The molecule has 0 saturated carbocycles. The maximum absolute atomic E-state index is 5.24. The second-order valence-electron chi connectivity index (χ2n) is 4.14. The Morgan fingerprint density at radius 3 is 2.68 bits per heavy atom. The Hall–Kier alpha value is -2.63. The Balaban J connectivity index is 2.00. The number of pyridine rings is 1. The zero-order valence-electron chi connectivity index (χ0n) is 10.5. The second-order valence-corrected chi connectivity index (χ2v) is 4.14. The number of rotatable bonds is 3. The first-order valence-corrected chi connectivity index (χ1v) is 5.77. The van der Waals surface area contributed by atoms with Crippen molar-refractivity contribution >= 4 is 22.5 Å². The van der Waals surface area contributed by atoms with Gasteiger partial charge in [-0.05, 0) is 29.4 Å². The molecule has 96 valence electrons. The lowest BCUT2D eigenvalue weighted by Crippen LogP contribution is -1.97. The fourth-order valence-corrected chi connectivity index (χ4v) is 1.75. The third-order valence-corrected chi connectivity index (χ3v) is 2.74. The molecule has 0 aliphatic rings. The van der Waals surface area contributed by atoms with E-state index in [0.29, 0.717) is 17.0 Å². The summed E-state index contributed by atoms with van der Waals surface area (Å²) in [5.74, 6) is 0.448. The first-order valence-electron chi connectivity index (χ1n) is 5.77. The maximum atomic E-state index is 5.24. The third kappa shape index (κ3) is 2.20. The quantitative estimate of drug-likeness (QED) is 0.776. The molecule has 0 saturated heterocycles. The summed E-state index contributed by atoms with van der Waals surface area (Å²) in [4.78, 5) is 4.22. The lowest BCUT2D eigenvalue weighted by Gasteiger charge is -2.09. The standard InChI is InChI=1S/C13H12N4O2/c1-8-3-5-9(6-4-8)14-11-7-10-12(17-19-16-10)15-13(11)18-2/h3-7,14H,1-2H3. The van der Waals surface area contributed by atoms with E-state index in [4.69, 9.17) is 4.74 Å². The summed E-state index contributed by atoms with van der Waals surface area (Å²) in [7, 11) is 1.56. The minimum absolute atomic E-state index is 0.423. The average Bonchev–Trinajstić information content (AvgIpc) is 2.87. The number of anilines is 2. The first kappa shape index (κ1) is 11.5. The molecule has 0 aliphatic heterocycles. The van der Waals surface area contributed by atoms with Crippen molar-refractivity contribution in [2.24, 2.45) is 0 Å². The van der Waals surface area contributed by atoms with Crippen LogP contribution in [0.15, 0.2) is 35.0 Å². The number of fused-ring (bicyclic) bond motifs is 1. The van der Waals surface area contributed by atoms with Crippen LogP contribution in [0.3, 0.4) is 0 Å². The van der Waals surface area contributed by atoms with Crippen molar-refractivity contribution in [1.29, 1.82) is 0 Å². The average molecular weight is 256 g/mol. The number of nitrogens with one attached hydrogen (secondary N) is 1. The van der Waals surface area contributed by atoms with Crippen LogP contribution < -0.4 is 10.1 Å². The SMILES string of the molecule is COc1nc2nonc2cc1Nc1ccc(C)cc1. The van der Waals surface area contributed by atoms with Gasteiger partial charge in [-0.25, -0.2) is 4.63 Å². The van der Waals surface area contributed by atoms with Crippen molar-refractivity contribution in [3.63, 3.8) is 0 Å². The van der Waals surface area contributed by atoms with E-state index in [-0.39, 0.29) is 0 Å². The van der Waals surface area contributed by atoms with Crippen LogP contribution in [0.5, 0.6) is 5.88 Å². The van der Waals surface area contributed by atoms with Crippen LogP contribution in [-0.2, 0) is 0 Å². The zero-order chi connectivity index (χ0) is 13.2. The summed E-state index contributed by atoms with van der Waals surface area (Å²) in [5, 5.41) is 10.7. The molecule has 0 radical (unpaired) electrons. The molecule has 0 aliphatic carbocycles. The van der Waals surface area contributed by atoms with Gasteiger partial charge in [0.15, 0.2) is 5.52 Å². The van der Waals surface area contributed by atoms with E-state index in [1.807, 2.05) is 31.2 Å². The molecule has 2 heterocycles. The molecule has 3 rings (SSSR count). The van der Waals surface area contributed by atoms with Gasteiger partial charge in [-0.2, -0.15) is 4.98 Å². The monoisotopic (exact) mass is 256 g/mol. The van der Waals surface area contributed by atoms with Crippen LogP contribution in [0.4, 0.5) is 11.4 Å². The molecule has 19 heavy (non-hydrogen) atoms. The molecule has 3 aromatic rings. The molecular formula is C13H12N4O2. The summed E-state index contributed by atoms with van der Waals surface area (Å²) in [6, 6.07) is 9.81. The number of aryl methyl sites for hydroxylation is 1. The van der Waals surface area contributed by atoms with Crippen molar-refractivity contribution in [2.45, 2.75) is 6.92 Å². The number of hydrogen-bond acceptors (Lipinski definition) is 6. The van der Waals surface area contributed by atoms with Gasteiger partial charge < -0.3 is 10.1 Å². The van der Waals surface area contributed by atoms with Crippen LogP contribution in [0, 0.1) is 6.92 Å². The van der Waals surface area contributed by atoms with E-state index < -0.39 is 0 Å². The summed E-state index contributed by atoms with van der Waals surface area (Å²) >= 11 is 0. The number of aromatic nitrogens is 3. The maximum Gasteiger partial charge on any atom is 0.239 e. The highest BCUT2D eigenvalue weighted by Crippen LogP contribution is 2.28. The Morgan fingerprint density at radius 2 is 1.95 bits per heavy atom. The normalized spacial score (nSPS) is 10.6. The minimum Gasteiger partial charge on any atom is -0.479 e. The highest BCUT2D eigenvalue weighted by atomic mass is 16.6. The fourth-order valence-electron chi connectivity index (χ4n) is 1.75. The molecular weight excluding hydrogens is 244 g/mol. The highest BCUT2D eigenvalue weighted by molar-refractivity contribution is 5.78. The van der Waals surface area contributed by atoms with E-state index in [9.17, 15) is 0 Å². The van der Waals surface area contributed by atoms with Crippen LogP contribution in [0.2, 0.25) is 0 Å². The molecule has 1 N–H and O–H groups in total. The highest BCUT2D eigenvalue weighted by Gasteiger charge is 2.11. The lowest BCUT2D eigenvalue weighted by molar-refractivity contribution is 0.314. The molecule has 0 bridgehead atoms. The van der Waals surface area contributed by atoms with Gasteiger partial charge in [0, 0.05) is 11.8 Å². The number of nitrogens with zero attached hydrogens (tertiary/aromatic N) is 3. The smallest absolute Gasteiger partial charge is 0.239 e. The Morgan fingerprint density at radius 1 is 1.16 bits per heavy atom. The molecule has 0 spiro atoms. The summed E-state index contributed by atoms with van der Waals surface area (Å²) < 4.78 is 9.88. The number of benzene rings is 1. The van der Waals surface area contributed by atoms with E-state index >= 15 is 0 Å². The zero-order valence-corrected chi connectivity index (χ0v) is 10.5. The van der Waals surface area contributed by atoms with Gasteiger partial charge in [0.05, 0.1) is 7.11 Å². The predicted molar refractivity (Wildman–Crippen MR) is 70.6 cm³/mol. The molecule has 1 aromatic carbocycles. The minimum atomic E-state index is 0.423. The summed E-state index contributed by atoms with van der Waals surface area (Å²) in [6.07, 6.45) is 0. The topological polar surface area (TPSA) is 73.1 Å². The van der Waals surface area contributed by atoms with E-state index in [1.54, 1.807) is 13.2 Å². The van der Waals surface area contributed by atoms with E-state index in [2.05, 4.69) is 25.2 Å². The Labute approximate surface area is 109 Å². The molecule has 6 heteroatoms. The van der Waals surface area contributed by atoms with E-state index in [0.717, 1.165) is 11.4 Å². The van der Waals surface area contributed by atoms with Gasteiger partial charge in [-0.1, -0.05) is 17.7 Å². The summed E-state index contributed by atoms with van der Waals surface area (Å²) in [5.41, 5.74) is 3.87. The molecule has 2 aromatic heterocycles. The number of ether oxygens (including phenoxy) is 1. The fraction of sp³-hybridized carbons (Fsp3) is 0.154. The van der Waals surface area contributed by atoms with Gasteiger partial charge in [0.1, 0.15) is 5.69 Å². The lowest BCUT2D eigenvalue weighted by atomic mass is 10.2. The Kier molecular flexibility index (Phi) is 2.75.